The van der Waals surface area contributed by atoms with E-state index in [2.05, 4.69) is 24.4 Å². The number of amides is 1. The normalized spacial score (nSPS) is 10.5. The van der Waals surface area contributed by atoms with Crippen LogP contribution in [0.3, 0.4) is 0 Å². The van der Waals surface area contributed by atoms with Crippen LogP contribution in [-0.4, -0.2) is 37.0 Å². The van der Waals surface area contributed by atoms with Gasteiger partial charge in [-0.05, 0) is 50.9 Å². The molecule has 4 heteroatoms. The quantitative estimate of drug-likeness (QED) is 0.801. The molecule has 1 aromatic rings. The number of aryl methyl sites for hydroxylation is 2. The average Bonchev–Trinajstić information content (AvgIpc) is 2.45. The first-order valence-corrected chi connectivity index (χ1v) is 7.74. The first-order valence-electron chi connectivity index (χ1n) is 7.74. The third-order valence-corrected chi connectivity index (χ3v) is 3.56. The highest BCUT2D eigenvalue weighted by atomic mass is 16.5. The van der Waals surface area contributed by atoms with Gasteiger partial charge in [0.25, 0.3) is 5.91 Å². The molecule has 0 unspecified atom stereocenters. The van der Waals surface area contributed by atoms with Crippen molar-refractivity contribution in [3.63, 3.8) is 0 Å². The van der Waals surface area contributed by atoms with E-state index in [1.165, 1.54) is 5.56 Å². The van der Waals surface area contributed by atoms with Gasteiger partial charge in [-0.25, -0.2) is 0 Å². The standard InChI is InChI=1S/C17H28N2O2/c1-6-18-11-15-9-13(4)17(14(5)10-15)21-12-16(20)19(7-2)8-3/h9-10,18H,6-8,11-12H2,1-5H3. The van der Waals surface area contributed by atoms with Crippen LogP contribution in [0.4, 0.5) is 0 Å². The summed E-state index contributed by atoms with van der Waals surface area (Å²) in [5, 5.41) is 3.32. The largest absolute Gasteiger partial charge is 0.483 e. The lowest BCUT2D eigenvalue weighted by Crippen LogP contribution is -2.34. The Balaban J connectivity index is 2.73. The highest BCUT2D eigenvalue weighted by Crippen LogP contribution is 2.25. The van der Waals surface area contributed by atoms with E-state index in [0.29, 0.717) is 0 Å². The van der Waals surface area contributed by atoms with Gasteiger partial charge in [0.15, 0.2) is 6.61 Å². The first kappa shape index (κ1) is 17.5. The molecule has 118 valence electrons. The van der Waals surface area contributed by atoms with Gasteiger partial charge in [-0.15, -0.1) is 0 Å². The minimum absolute atomic E-state index is 0.0375. The molecule has 0 aliphatic heterocycles. The number of likely N-dealkylation sites (N-methyl/N-ethyl adjacent to an activating group) is 1. The molecule has 0 saturated heterocycles. The lowest BCUT2D eigenvalue weighted by Gasteiger charge is -2.20. The summed E-state index contributed by atoms with van der Waals surface area (Å²) in [5.41, 5.74) is 3.40. The second-order valence-corrected chi connectivity index (χ2v) is 5.19. The first-order chi connectivity index (χ1) is 10.0. The highest BCUT2D eigenvalue weighted by molar-refractivity contribution is 5.77. The van der Waals surface area contributed by atoms with Crippen LogP contribution in [0.1, 0.15) is 37.5 Å². The van der Waals surface area contributed by atoms with E-state index in [9.17, 15) is 4.79 Å². The molecule has 0 aromatic heterocycles. The second kappa shape index (κ2) is 8.67. The van der Waals surface area contributed by atoms with Gasteiger partial charge in [-0.2, -0.15) is 0 Å². The van der Waals surface area contributed by atoms with Crippen molar-refractivity contribution in [3.8, 4) is 5.75 Å². The fraction of sp³-hybridized carbons (Fsp3) is 0.588. The summed E-state index contributed by atoms with van der Waals surface area (Å²) in [5.74, 6) is 0.867. The number of carbonyl (C=O) groups is 1. The van der Waals surface area contributed by atoms with Crippen molar-refractivity contribution < 1.29 is 9.53 Å². The van der Waals surface area contributed by atoms with E-state index in [1.807, 2.05) is 27.7 Å². The van der Waals surface area contributed by atoms with Crippen LogP contribution < -0.4 is 10.1 Å². The van der Waals surface area contributed by atoms with Crippen LogP contribution >= 0.6 is 0 Å². The molecule has 4 nitrogen and oxygen atoms in total. The minimum Gasteiger partial charge on any atom is -0.483 e. The van der Waals surface area contributed by atoms with Gasteiger partial charge in [0.05, 0.1) is 0 Å². The van der Waals surface area contributed by atoms with Crippen LogP contribution in [0.15, 0.2) is 12.1 Å². The summed E-state index contributed by atoms with van der Waals surface area (Å²) in [7, 11) is 0. The van der Waals surface area contributed by atoms with E-state index in [-0.39, 0.29) is 12.5 Å². The Morgan fingerprint density at radius 3 is 2.19 bits per heavy atom. The summed E-state index contributed by atoms with van der Waals surface area (Å²) in [6.07, 6.45) is 0. The Hall–Kier alpha value is -1.55. The molecule has 1 N–H and O–H groups in total. The third kappa shape index (κ3) is 5.05. The summed E-state index contributed by atoms with van der Waals surface area (Å²) in [6.45, 7) is 13.5. The molecular formula is C17H28N2O2. The van der Waals surface area contributed by atoms with Crippen molar-refractivity contribution >= 4 is 5.91 Å². The summed E-state index contributed by atoms with van der Waals surface area (Å²) >= 11 is 0. The Bertz CT molecular complexity index is 445. The molecule has 21 heavy (non-hydrogen) atoms. The maximum atomic E-state index is 12.0. The van der Waals surface area contributed by atoms with Crippen molar-refractivity contribution in [2.24, 2.45) is 0 Å². The molecule has 0 atom stereocenters. The predicted octanol–water partition coefficient (Wildman–Crippen LogP) is 2.66. The van der Waals surface area contributed by atoms with Crippen molar-refractivity contribution in [1.82, 2.24) is 10.2 Å². The topological polar surface area (TPSA) is 41.6 Å². The molecule has 0 fully saturated rings. The number of benzene rings is 1. The molecule has 0 bridgehead atoms. The maximum absolute atomic E-state index is 12.0. The van der Waals surface area contributed by atoms with Crippen LogP contribution in [0.25, 0.3) is 0 Å². The van der Waals surface area contributed by atoms with Gasteiger partial charge in [0, 0.05) is 19.6 Å². The number of carbonyl (C=O) groups excluding carboxylic acids is 1. The number of hydrogen-bond acceptors (Lipinski definition) is 3. The maximum Gasteiger partial charge on any atom is 0.260 e. The van der Waals surface area contributed by atoms with Gasteiger partial charge >= 0.3 is 0 Å². The van der Waals surface area contributed by atoms with E-state index in [0.717, 1.165) is 43.1 Å². The molecule has 0 saturated carbocycles. The van der Waals surface area contributed by atoms with Crippen LogP contribution in [0.2, 0.25) is 0 Å². The zero-order chi connectivity index (χ0) is 15.8. The van der Waals surface area contributed by atoms with Crippen LogP contribution in [-0.2, 0) is 11.3 Å². The van der Waals surface area contributed by atoms with Crippen molar-refractivity contribution in [1.29, 1.82) is 0 Å². The van der Waals surface area contributed by atoms with Crippen molar-refractivity contribution in [2.45, 2.75) is 41.2 Å². The molecular weight excluding hydrogens is 264 g/mol. The zero-order valence-corrected chi connectivity index (χ0v) is 14.0. The van der Waals surface area contributed by atoms with E-state index < -0.39 is 0 Å². The fourth-order valence-corrected chi connectivity index (χ4v) is 2.44. The fourth-order valence-electron chi connectivity index (χ4n) is 2.44. The van der Waals surface area contributed by atoms with Gasteiger partial charge < -0.3 is 15.0 Å². The van der Waals surface area contributed by atoms with Gasteiger partial charge in [-0.1, -0.05) is 19.1 Å². The predicted molar refractivity (Wildman–Crippen MR) is 86.7 cm³/mol. The molecule has 0 aliphatic rings. The smallest absolute Gasteiger partial charge is 0.260 e. The Morgan fingerprint density at radius 1 is 1.14 bits per heavy atom. The molecule has 1 rings (SSSR count). The zero-order valence-electron chi connectivity index (χ0n) is 14.0. The molecule has 0 heterocycles. The minimum atomic E-state index is 0.0375. The van der Waals surface area contributed by atoms with E-state index >= 15 is 0 Å². The number of hydrogen-bond donors (Lipinski definition) is 1. The number of ether oxygens (including phenoxy) is 1. The molecule has 0 spiro atoms. The monoisotopic (exact) mass is 292 g/mol. The second-order valence-electron chi connectivity index (χ2n) is 5.19. The summed E-state index contributed by atoms with van der Waals surface area (Å²) in [4.78, 5) is 13.8. The summed E-state index contributed by atoms with van der Waals surface area (Å²) < 4.78 is 5.76. The third-order valence-electron chi connectivity index (χ3n) is 3.56. The lowest BCUT2D eigenvalue weighted by atomic mass is 10.1. The molecule has 0 aliphatic carbocycles. The van der Waals surface area contributed by atoms with Gasteiger partial charge in [0.1, 0.15) is 5.75 Å². The highest BCUT2D eigenvalue weighted by Gasteiger charge is 2.12. The molecule has 0 radical (unpaired) electrons. The van der Waals surface area contributed by atoms with Gasteiger partial charge in [0.2, 0.25) is 0 Å². The Labute approximate surface area is 128 Å². The Kier molecular flexibility index (Phi) is 7.23. The summed E-state index contributed by atoms with van der Waals surface area (Å²) in [6, 6.07) is 4.24. The number of nitrogens with one attached hydrogen (secondary N) is 1. The number of rotatable bonds is 8. The average molecular weight is 292 g/mol. The number of nitrogens with zero attached hydrogens (tertiary/aromatic N) is 1. The molecule has 1 aromatic carbocycles. The van der Waals surface area contributed by atoms with Crippen LogP contribution in [0, 0.1) is 13.8 Å². The lowest BCUT2D eigenvalue weighted by molar-refractivity contribution is -0.132. The van der Waals surface area contributed by atoms with E-state index in [1.54, 1.807) is 4.90 Å². The Morgan fingerprint density at radius 2 is 1.71 bits per heavy atom. The molecule has 1 amide bonds. The van der Waals surface area contributed by atoms with Crippen molar-refractivity contribution in [3.05, 3.63) is 28.8 Å². The van der Waals surface area contributed by atoms with Gasteiger partial charge in [-0.3, -0.25) is 4.79 Å². The SMILES string of the molecule is CCNCc1cc(C)c(OCC(=O)N(CC)CC)c(C)c1. The van der Waals surface area contributed by atoms with Crippen LogP contribution in [0.5, 0.6) is 5.75 Å². The van der Waals surface area contributed by atoms with Crippen molar-refractivity contribution in [2.75, 3.05) is 26.2 Å². The van der Waals surface area contributed by atoms with E-state index in [4.69, 9.17) is 4.74 Å².